The molecule has 0 radical (unpaired) electrons. The Bertz CT molecular complexity index is 718. The van der Waals surface area contributed by atoms with Gasteiger partial charge in [-0.1, -0.05) is 37.8 Å². The van der Waals surface area contributed by atoms with Gasteiger partial charge in [-0.3, -0.25) is 0 Å². The lowest BCUT2D eigenvalue weighted by Crippen LogP contribution is -2.38. The van der Waals surface area contributed by atoms with Crippen LogP contribution in [0.1, 0.15) is 29.3 Å². The summed E-state index contributed by atoms with van der Waals surface area (Å²) < 4.78 is 5.70. The molecule has 2 aromatic rings. The van der Waals surface area contributed by atoms with E-state index >= 15 is 0 Å². The summed E-state index contributed by atoms with van der Waals surface area (Å²) in [4.78, 5) is 10.5. The summed E-state index contributed by atoms with van der Waals surface area (Å²) in [7, 11) is 0. The molecule has 2 rings (SSSR count). The molecule has 1 aromatic heterocycles. The molecule has 148 valence electrons. The summed E-state index contributed by atoms with van der Waals surface area (Å²) in [5, 5.41) is 7.82. The third-order valence-corrected chi connectivity index (χ3v) is 4.86. The highest BCUT2D eigenvalue weighted by molar-refractivity contribution is 14.0. The van der Waals surface area contributed by atoms with Crippen molar-refractivity contribution in [1.82, 2.24) is 15.6 Å². The van der Waals surface area contributed by atoms with Gasteiger partial charge >= 0.3 is 0 Å². The number of thiazole rings is 1. The van der Waals surface area contributed by atoms with E-state index < -0.39 is 0 Å². The molecule has 0 unspecified atom stereocenters. The molecule has 0 aliphatic rings. The van der Waals surface area contributed by atoms with Gasteiger partial charge in [-0.05, 0) is 19.4 Å². The van der Waals surface area contributed by atoms with Crippen LogP contribution in [0.2, 0.25) is 0 Å². The van der Waals surface area contributed by atoms with Gasteiger partial charge in [0.15, 0.2) is 5.96 Å². The Balaban J connectivity index is 0.00000364. The molecule has 0 aliphatic heterocycles. The highest BCUT2D eigenvalue weighted by atomic mass is 127. The van der Waals surface area contributed by atoms with E-state index in [2.05, 4.69) is 41.0 Å². The number of aliphatic imine (C=N–C) groups is 1. The number of benzene rings is 1. The molecule has 27 heavy (non-hydrogen) atoms. The maximum Gasteiger partial charge on any atom is 0.191 e. The Kier molecular flexibility index (Phi) is 11.8. The van der Waals surface area contributed by atoms with E-state index in [-0.39, 0.29) is 24.0 Å². The fraction of sp³-hybridized carbons (Fsp3) is 0.400. The average Bonchev–Trinajstić information content (AvgIpc) is 3.13. The van der Waals surface area contributed by atoms with E-state index in [9.17, 15) is 0 Å². The molecule has 0 saturated carbocycles. The average molecular weight is 500 g/mol. The van der Waals surface area contributed by atoms with E-state index in [0.29, 0.717) is 13.2 Å². The zero-order chi connectivity index (χ0) is 18.6. The smallest absolute Gasteiger partial charge is 0.191 e. The summed E-state index contributed by atoms with van der Waals surface area (Å²) in [5.74, 6) is 1.65. The Morgan fingerprint density at radius 1 is 1.30 bits per heavy atom. The van der Waals surface area contributed by atoms with Crippen LogP contribution in [-0.2, 0) is 19.4 Å². The number of aromatic nitrogens is 1. The zero-order valence-electron chi connectivity index (χ0n) is 16.0. The van der Waals surface area contributed by atoms with Crippen molar-refractivity contribution in [3.63, 3.8) is 0 Å². The number of hydrogen-bond donors (Lipinski definition) is 2. The van der Waals surface area contributed by atoms with Crippen LogP contribution in [0.5, 0.6) is 5.75 Å². The van der Waals surface area contributed by atoms with Crippen LogP contribution in [0.4, 0.5) is 0 Å². The number of ether oxygens (including phenoxy) is 1. The maximum absolute atomic E-state index is 5.70. The highest BCUT2D eigenvalue weighted by Crippen LogP contribution is 2.18. The van der Waals surface area contributed by atoms with Crippen LogP contribution in [-0.4, -0.2) is 30.6 Å². The van der Waals surface area contributed by atoms with Crippen LogP contribution in [0.15, 0.2) is 48.1 Å². The number of aryl methyl sites for hydroxylation is 1. The third-order valence-electron chi connectivity index (χ3n) is 3.66. The van der Waals surface area contributed by atoms with Crippen molar-refractivity contribution in [2.24, 2.45) is 4.99 Å². The lowest BCUT2D eigenvalue weighted by atomic mass is 10.2. The van der Waals surface area contributed by atoms with Crippen LogP contribution in [0.3, 0.4) is 0 Å². The van der Waals surface area contributed by atoms with Gasteiger partial charge in [0, 0.05) is 36.1 Å². The van der Waals surface area contributed by atoms with Crippen LogP contribution >= 0.6 is 35.3 Å². The predicted molar refractivity (Wildman–Crippen MR) is 126 cm³/mol. The highest BCUT2D eigenvalue weighted by Gasteiger charge is 2.04. The van der Waals surface area contributed by atoms with Crippen molar-refractivity contribution in [2.75, 3.05) is 19.7 Å². The van der Waals surface area contributed by atoms with Crippen molar-refractivity contribution in [3.05, 3.63) is 58.6 Å². The fourth-order valence-corrected chi connectivity index (χ4v) is 3.21. The quantitative estimate of drug-likeness (QED) is 0.222. The molecule has 0 fully saturated rings. The Hall–Kier alpha value is -1.61. The number of rotatable bonds is 10. The molecule has 5 nitrogen and oxygen atoms in total. The molecule has 0 atom stereocenters. The number of hydrogen-bond acceptors (Lipinski definition) is 4. The normalized spacial score (nSPS) is 10.8. The molecular formula is C20H29IN4OS. The maximum atomic E-state index is 5.70. The second kappa shape index (κ2) is 13.5. The number of nitrogens with zero attached hydrogens (tertiary/aromatic N) is 2. The second-order valence-corrected chi connectivity index (χ2v) is 6.85. The van der Waals surface area contributed by atoms with Gasteiger partial charge in [0.25, 0.3) is 0 Å². The molecule has 1 heterocycles. The number of nitrogens with one attached hydrogen (secondary N) is 2. The predicted octanol–water partition coefficient (Wildman–Crippen LogP) is 4.19. The van der Waals surface area contributed by atoms with Crippen LogP contribution in [0.25, 0.3) is 0 Å². The lowest BCUT2D eigenvalue weighted by molar-refractivity contribution is 0.359. The van der Waals surface area contributed by atoms with E-state index in [4.69, 9.17) is 4.74 Å². The molecule has 7 heteroatoms. The molecule has 0 bridgehead atoms. The lowest BCUT2D eigenvalue weighted by Gasteiger charge is -2.12. The van der Waals surface area contributed by atoms with E-state index in [0.717, 1.165) is 48.2 Å². The van der Waals surface area contributed by atoms with E-state index in [1.807, 2.05) is 30.5 Å². The van der Waals surface area contributed by atoms with Gasteiger partial charge in [-0.15, -0.1) is 35.3 Å². The minimum atomic E-state index is 0. The summed E-state index contributed by atoms with van der Waals surface area (Å²) in [6.07, 6.45) is 5.66. The molecular weight excluding hydrogens is 471 g/mol. The first-order chi connectivity index (χ1) is 12.8. The minimum absolute atomic E-state index is 0. The van der Waals surface area contributed by atoms with Gasteiger partial charge in [0.1, 0.15) is 12.4 Å². The van der Waals surface area contributed by atoms with Gasteiger partial charge in [0.05, 0.1) is 11.6 Å². The summed E-state index contributed by atoms with van der Waals surface area (Å²) in [6, 6.07) is 7.96. The van der Waals surface area contributed by atoms with E-state index in [1.54, 1.807) is 17.4 Å². The van der Waals surface area contributed by atoms with Crippen molar-refractivity contribution >= 4 is 41.3 Å². The first kappa shape index (κ1) is 23.4. The summed E-state index contributed by atoms with van der Waals surface area (Å²) >= 11 is 1.78. The Morgan fingerprint density at radius 2 is 2.11 bits per heavy atom. The first-order valence-electron chi connectivity index (χ1n) is 9.04. The molecule has 2 N–H and O–H groups in total. The van der Waals surface area contributed by atoms with Crippen molar-refractivity contribution in [2.45, 2.75) is 33.2 Å². The molecule has 0 amide bonds. The van der Waals surface area contributed by atoms with E-state index in [1.165, 1.54) is 4.88 Å². The van der Waals surface area contributed by atoms with Gasteiger partial charge in [-0.2, -0.15) is 0 Å². The number of guanidine groups is 1. The van der Waals surface area contributed by atoms with Gasteiger partial charge in [-0.25, -0.2) is 9.98 Å². The monoisotopic (exact) mass is 500 g/mol. The standard InChI is InChI=1S/C20H28N4OS.HI/c1-4-13-25-18-10-8-7-9-16(18)14-24-20(21-6-3)22-12-11-19-23-15-17(5-2)26-19;/h4,7-10,15H,1,5-6,11-14H2,2-3H3,(H2,21,22,24);1H. The fourth-order valence-electron chi connectivity index (χ4n) is 2.34. The van der Waals surface area contributed by atoms with Crippen LogP contribution < -0.4 is 15.4 Å². The van der Waals surface area contributed by atoms with Crippen molar-refractivity contribution < 1.29 is 4.74 Å². The van der Waals surface area contributed by atoms with Crippen molar-refractivity contribution in [1.29, 1.82) is 0 Å². The zero-order valence-corrected chi connectivity index (χ0v) is 19.2. The largest absolute Gasteiger partial charge is 0.489 e. The third kappa shape index (κ3) is 8.30. The molecule has 0 aliphatic carbocycles. The number of halogens is 1. The Labute approximate surface area is 183 Å². The SMILES string of the molecule is C=CCOc1ccccc1CN=C(NCC)NCCc1ncc(CC)s1.I. The van der Waals surface area contributed by atoms with Crippen molar-refractivity contribution in [3.8, 4) is 5.75 Å². The second-order valence-electron chi connectivity index (χ2n) is 5.65. The molecule has 0 saturated heterocycles. The van der Waals surface area contributed by atoms with Crippen LogP contribution in [0, 0.1) is 0 Å². The Morgan fingerprint density at radius 3 is 2.81 bits per heavy atom. The topological polar surface area (TPSA) is 58.5 Å². The van der Waals surface area contributed by atoms with Gasteiger partial charge < -0.3 is 15.4 Å². The molecule has 1 aromatic carbocycles. The number of para-hydroxylation sites is 1. The summed E-state index contributed by atoms with van der Waals surface area (Å²) in [6.45, 7) is 10.6. The molecule has 0 spiro atoms. The summed E-state index contributed by atoms with van der Waals surface area (Å²) in [5.41, 5.74) is 1.05. The van der Waals surface area contributed by atoms with Gasteiger partial charge in [0.2, 0.25) is 0 Å². The minimum Gasteiger partial charge on any atom is -0.489 e. The first-order valence-corrected chi connectivity index (χ1v) is 9.85.